The molecule has 20 heavy (non-hydrogen) atoms. The quantitative estimate of drug-likeness (QED) is 0.814. The van der Waals surface area contributed by atoms with E-state index in [1.54, 1.807) is 6.07 Å². The molecule has 7 heteroatoms. The van der Waals surface area contributed by atoms with Crippen LogP contribution in [0.5, 0.6) is 0 Å². The number of aromatic amines is 1. The standard InChI is InChI=1S/C13H16N4O2S/c14-13-4-2-1-3-10(13)9-17(11-5-6-11)20(18,19)12-7-15-16-8-12/h1-4,7-8,11H,5-6,9,14H2,(H,15,16). The number of para-hydroxylation sites is 1. The fourth-order valence-electron chi connectivity index (χ4n) is 2.13. The van der Waals surface area contributed by atoms with Crippen molar-refractivity contribution in [3.8, 4) is 0 Å². The van der Waals surface area contributed by atoms with Crippen molar-refractivity contribution in [2.45, 2.75) is 30.3 Å². The molecule has 3 N–H and O–H groups in total. The lowest BCUT2D eigenvalue weighted by atomic mass is 10.2. The minimum atomic E-state index is -3.53. The molecule has 0 aliphatic heterocycles. The first-order valence-corrected chi connectivity index (χ1v) is 7.87. The van der Waals surface area contributed by atoms with Crippen molar-refractivity contribution in [1.82, 2.24) is 14.5 Å². The number of H-pyrrole nitrogens is 1. The van der Waals surface area contributed by atoms with Crippen LogP contribution < -0.4 is 5.73 Å². The molecule has 1 saturated carbocycles. The smallest absolute Gasteiger partial charge is 0.246 e. The van der Waals surface area contributed by atoms with Gasteiger partial charge < -0.3 is 5.73 Å². The van der Waals surface area contributed by atoms with E-state index in [0.29, 0.717) is 12.2 Å². The van der Waals surface area contributed by atoms with Gasteiger partial charge >= 0.3 is 0 Å². The molecule has 0 bridgehead atoms. The Morgan fingerprint density at radius 3 is 2.70 bits per heavy atom. The Labute approximate surface area is 117 Å². The molecule has 0 radical (unpaired) electrons. The number of nitrogen functional groups attached to an aromatic ring is 1. The maximum absolute atomic E-state index is 12.6. The lowest BCUT2D eigenvalue weighted by Crippen LogP contribution is -2.32. The number of nitrogens with one attached hydrogen (secondary N) is 1. The normalized spacial score (nSPS) is 15.7. The van der Waals surface area contributed by atoms with E-state index in [2.05, 4.69) is 10.2 Å². The molecule has 0 saturated heterocycles. The lowest BCUT2D eigenvalue weighted by molar-refractivity contribution is 0.399. The summed E-state index contributed by atoms with van der Waals surface area (Å²) in [6.07, 6.45) is 4.52. The van der Waals surface area contributed by atoms with Gasteiger partial charge in [-0.2, -0.15) is 9.40 Å². The van der Waals surface area contributed by atoms with Crippen LogP contribution in [0.4, 0.5) is 5.69 Å². The van der Waals surface area contributed by atoms with Crippen LogP contribution in [0.25, 0.3) is 0 Å². The summed E-state index contributed by atoms with van der Waals surface area (Å²) in [4.78, 5) is 0.193. The van der Waals surface area contributed by atoms with E-state index in [1.807, 2.05) is 18.2 Å². The third-order valence-corrected chi connectivity index (χ3v) is 5.28. The molecule has 3 rings (SSSR count). The first-order chi connectivity index (χ1) is 9.59. The zero-order chi connectivity index (χ0) is 14.2. The average molecular weight is 292 g/mol. The molecule has 0 amide bonds. The Kier molecular flexibility index (Phi) is 3.23. The Morgan fingerprint density at radius 1 is 1.35 bits per heavy atom. The number of benzene rings is 1. The van der Waals surface area contributed by atoms with Crippen molar-refractivity contribution in [3.05, 3.63) is 42.2 Å². The van der Waals surface area contributed by atoms with E-state index in [9.17, 15) is 8.42 Å². The minimum Gasteiger partial charge on any atom is -0.398 e. The minimum absolute atomic E-state index is 0.0644. The number of aromatic nitrogens is 2. The molecule has 1 heterocycles. The first-order valence-electron chi connectivity index (χ1n) is 6.43. The van der Waals surface area contributed by atoms with Crippen LogP contribution in [-0.4, -0.2) is 29.0 Å². The first kappa shape index (κ1) is 13.1. The van der Waals surface area contributed by atoms with E-state index in [4.69, 9.17) is 5.73 Å². The number of hydrogen-bond acceptors (Lipinski definition) is 4. The number of rotatable bonds is 5. The zero-order valence-corrected chi connectivity index (χ0v) is 11.7. The van der Waals surface area contributed by atoms with Crippen molar-refractivity contribution >= 4 is 15.7 Å². The highest BCUT2D eigenvalue weighted by Crippen LogP contribution is 2.33. The summed E-state index contributed by atoms with van der Waals surface area (Å²) in [7, 11) is -3.53. The predicted octanol–water partition coefficient (Wildman–Crippen LogP) is 1.35. The molecule has 2 aromatic rings. The monoisotopic (exact) mass is 292 g/mol. The Morgan fingerprint density at radius 2 is 2.10 bits per heavy atom. The largest absolute Gasteiger partial charge is 0.398 e. The molecule has 0 atom stereocenters. The number of nitrogens with zero attached hydrogens (tertiary/aromatic N) is 2. The van der Waals surface area contributed by atoms with E-state index in [0.717, 1.165) is 18.4 Å². The summed E-state index contributed by atoms with van der Waals surface area (Å²) in [5.74, 6) is 0. The van der Waals surface area contributed by atoms with Gasteiger partial charge in [0.05, 0.1) is 6.20 Å². The predicted molar refractivity (Wildman–Crippen MR) is 75.2 cm³/mol. The van der Waals surface area contributed by atoms with Gasteiger partial charge in [-0.15, -0.1) is 0 Å². The van der Waals surface area contributed by atoms with Gasteiger partial charge in [0.2, 0.25) is 10.0 Å². The summed E-state index contributed by atoms with van der Waals surface area (Å²) in [6, 6.07) is 7.40. The molecule has 1 aromatic heterocycles. The second-order valence-electron chi connectivity index (χ2n) is 4.91. The molecular formula is C13H16N4O2S. The van der Waals surface area contributed by atoms with Crippen LogP contribution in [0.3, 0.4) is 0 Å². The molecule has 0 spiro atoms. The van der Waals surface area contributed by atoms with Gasteiger partial charge in [-0.25, -0.2) is 8.42 Å². The van der Waals surface area contributed by atoms with E-state index < -0.39 is 10.0 Å². The highest BCUT2D eigenvalue weighted by Gasteiger charge is 2.38. The van der Waals surface area contributed by atoms with Crippen LogP contribution in [-0.2, 0) is 16.6 Å². The third kappa shape index (κ3) is 2.41. The maximum Gasteiger partial charge on any atom is 0.246 e. The van der Waals surface area contributed by atoms with Crippen molar-refractivity contribution in [2.24, 2.45) is 0 Å². The average Bonchev–Trinajstić information content (AvgIpc) is 3.09. The third-order valence-electron chi connectivity index (χ3n) is 3.42. The van der Waals surface area contributed by atoms with Crippen molar-refractivity contribution in [2.75, 3.05) is 5.73 Å². The second-order valence-corrected chi connectivity index (χ2v) is 6.80. The molecule has 1 aromatic carbocycles. The number of anilines is 1. The number of sulfonamides is 1. The summed E-state index contributed by atoms with van der Waals surface area (Å²) >= 11 is 0. The van der Waals surface area contributed by atoms with Crippen LogP contribution in [0.2, 0.25) is 0 Å². The second kappa shape index (κ2) is 4.92. The van der Waals surface area contributed by atoms with Gasteiger partial charge in [0.15, 0.2) is 0 Å². The lowest BCUT2D eigenvalue weighted by Gasteiger charge is -2.21. The molecule has 106 valence electrons. The van der Waals surface area contributed by atoms with Crippen molar-refractivity contribution in [3.63, 3.8) is 0 Å². The van der Waals surface area contributed by atoms with Gasteiger partial charge in [-0.3, -0.25) is 5.10 Å². The molecule has 1 aliphatic rings. The maximum atomic E-state index is 12.6. The molecule has 1 aliphatic carbocycles. The van der Waals surface area contributed by atoms with Gasteiger partial charge in [0.25, 0.3) is 0 Å². The van der Waals surface area contributed by atoms with E-state index in [1.165, 1.54) is 16.7 Å². The molecule has 6 nitrogen and oxygen atoms in total. The fourth-order valence-corrected chi connectivity index (χ4v) is 3.71. The summed E-state index contributed by atoms with van der Waals surface area (Å²) in [5.41, 5.74) is 7.35. The fraction of sp³-hybridized carbons (Fsp3) is 0.308. The van der Waals surface area contributed by atoms with Crippen LogP contribution in [0.1, 0.15) is 18.4 Å². The van der Waals surface area contributed by atoms with Crippen molar-refractivity contribution < 1.29 is 8.42 Å². The number of hydrogen-bond donors (Lipinski definition) is 2. The number of nitrogens with two attached hydrogens (primary N) is 1. The van der Waals surface area contributed by atoms with Crippen LogP contribution >= 0.6 is 0 Å². The molecule has 0 unspecified atom stereocenters. The topological polar surface area (TPSA) is 92.1 Å². The van der Waals surface area contributed by atoms with Crippen molar-refractivity contribution in [1.29, 1.82) is 0 Å². The van der Waals surface area contributed by atoms with Crippen LogP contribution in [0, 0.1) is 0 Å². The Balaban J connectivity index is 1.93. The molecular weight excluding hydrogens is 276 g/mol. The summed E-state index contributed by atoms with van der Waals surface area (Å²) in [6.45, 7) is 0.296. The van der Waals surface area contributed by atoms with Gasteiger partial charge in [-0.1, -0.05) is 18.2 Å². The van der Waals surface area contributed by atoms with E-state index >= 15 is 0 Å². The van der Waals surface area contributed by atoms with Crippen LogP contribution in [0.15, 0.2) is 41.6 Å². The SMILES string of the molecule is Nc1ccccc1CN(C1CC1)S(=O)(=O)c1cn[nH]c1. The molecule has 1 fully saturated rings. The van der Waals surface area contributed by atoms with Gasteiger partial charge in [0.1, 0.15) is 4.90 Å². The van der Waals surface area contributed by atoms with Gasteiger partial charge in [0, 0.05) is 24.5 Å². The van der Waals surface area contributed by atoms with E-state index in [-0.39, 0.29) is 10.9 Å². The summed E-state index contributed by atoms with van der Waals surface area (Å²) < 4.78 is 26.7. The highest BCUT2D eigenvalue weighted by molar-refractivity contribution is 7.89. The zero-order valence-electron chi connectivity index (χ0n) is 10.9. The Hall–Kier alpha value is -1.86. The Bertz CT molecular complexity index is 693. The summed E-state index contributed by atoms with van der Waals surface area (Å²) in [5, 5.41) is 6.26. The van der Waals surface area contributed by atoms with Gasteiger partial charge in [-0.05, 0) is 24.5 Å². The highest BCUT2D eigenvalue weighted by atomic mass is 32.2.